The first-order chi connectivity index (χ1) is 6.63. The van der Waals surface area contributed by atoms with Crippen LogP contribution >= 0.6 is 0 Å². The van der Waals surface area contributed by atoms with Gasteiger partial charge in [-0.05, 0) is 25.7 Å². The summed E-state index contributed by atoms with van der Waals surface area (Å²) < 4.78 is 0. The number of hydrogen-bond acceptors (Lipinski definition) is 3. The molecule has 1 atom stereocenters. The molecule has 2 N–H and O–H groups in total. The van der Waals surface area contributed by atoms with Gasteiger partial charge in [0.25, 0.3) is 0 Å². The molecule has 0 aliphatic heterocycles. The molecule has 0 aromatic rings. The summed E-state index contributed by atoms with van der Waals surface area (Å²) in [6.45, 7) is -0.0533. The fraction of sp³-hybridized carbons (Fsp3) is 0.800. The molecule has 80 valence electrons. The topological polar surface area (TPSA) is 74.6 Å². The highest BCUT2D eigenvalue weighted by Gasteiger charge is 2.45. The van der Waals surface area contributed by atoms with Crippen molar-refractivity contribution in [3.8, 4) is 0 Å². The molecule has 1 saturated carbocycles. The second-order valence-electron chi connectivity index (χ2n) is 3.84. The summed E-state index contributed by atoms with van der Waals surface area (Å²) in [4.78, 5) is 22.7. The highest BCUT2D eigenvalue weighted by molar-refractivity contribution is 6.03. The van der Waals surface area contributed by atoms with Crippen LogP contribution in [0.15, 0.2) is 0 Å². The first-order valence-electron chi connectivity index (χ1n) is 5.01. The molecule has 4 heteroatoms. The van der Waals surface area contributed by atoms with Crippen molar-refractivity contribution in [3.63, 3.8) is 0 Å². The number of aliphatic hydroxyl groups is 1. The lowest BCUT2D eigenvalue weighted by atomic mass is 9.70. The first-order valence-corrected chi connectivity index (χ1v) is 5.01. The van der Waals surface area contributed by atoms with Gasteiger partial charge in [-0.25, -0.2) is 0 Å². The number of carbonyl (C=O) groups excluding carboxylic acids is 1. The van der Waals surface area contributed by atoms with Crippen LogP contribution in [0.2, 0.25) is 0 Å². The smallest absolute Gasteiger partial charge is 0.317 e. The standard InChI is InChI=1S/C10H16O4/c11-7-3-6-10(9(13)14)5-2-1-4-8(10)12/h11H,1-7H2,(H,13,14). The Bertz CT molecular complexity index is 236. The van der Waals surface area contributed by atoms with E-state index >= 15 is 0 Å². The molecule has 1 rings (SSSR count). The Balaban J connectivity index is 2.78. The Morgan fingerprint density at radius 1 is 1.43 bits per heavy atom. The molecule has 0 aromatic heterocycles. The molecule has 0 radical (unpaired) electrons. The summed E-state index contributed by atoms with van der Waals surface area (Å²) in [5.74, 6) is -1.18. The monoisotopic (exact) mass is 200 g/mol. The maximum Gasteiger partial charge on any atom is 0.317 e. The summed E-state index contributed by atoms with van der Waals surface area (Å²) in [6, 6.07) is 0. The molecule has 1 unspecified atom stereocenters. The molecule has 4 nitrogen and oxygen atoms in total. The predicted octanol–water partition coefficient (Wildman–Crippen LogP) is 0.973. The lowest BCUT2D eigenvalue weighted by Crippen LogP contribution is -2.41. The Labute approximate surface area is 82.9 Å². The number of ketones is 1. The van der Waals surface area contributed by atoms with E-state index in [-0.39, 0.29) is 18.8 Å². The fourth-order valence-electron chi connectivity index (χ4n) is 2.07. The van der Waals surface area contributed by atoms with E-state index in [2.05, 4.69) is 0 Å². The van der Waals surface area contributed by atoms with Crippen LogP contribution in [0.4, 0.5) is 0 Å². The molecule has 0 aromatic carbocycles. The van der Waals surface area contributed by atoms with Crippen molar-refractivity contribution in [2.24, 2.45) is 5.41 Å². The lowest BCUT2D eigenvalue weighted by Gasteiger charge is -2.31. The number of aliphatic hydroxyl groups excluding tert-OH is 1. The Hall–Kier alpha value is -0.900. The van der Waals surface area contributed by atoms with Gasteiger partial charge in [0.05, 0.1) is 0 Å². The van der Waals surface area contributed by atoms with Crippen LogP contribution in [0, 0.1) is 5.41 Å². The third-order valence-corrected chi connectivity index (χ3v) is 2.96. The highest BCUT2D eigenvalue weighted by Crippen LogP contribution is 2.37. The first kappa shape index (κ1) is 11.2. The molecule has 0 saturated heterocycles. The van der Waals surface area contributed by atoms with Crippen LogP contribution in [0.1, 0.15) is 38.5 Å². The average Bonchev–Trinajstić information content (AvgIpc) is 2.16. The van der Waals surface area contributed by atoms with E-state index in [1.165, 1.54) is 0 Å². The largest absolute Gasteiger partial charge is 0.480 e. The number of carboxylic acid groups (broad SMARTS) is 1. The second-order valence-corrected chi connectivity index (χ2v) is 3.84. The van der Waals surface area contributed by atoms with Gasteiger partial charge in [0.1, 0.15) is 11.2 Å². The molecule has 0 amide bonds. The van der Waals surface area contributed by atoms with E-state index in [0.29, 0.717) is 19.3 Å². The number of aliphatic carboxylic acids is 1. The summed E-state index contributed by atoms with van der Waals surface area (Å²) in [5.41, 5.74) is -1.19. The van der Waals surface area contributed by atoms with Crippen molar-refractivity contribution in [2.45, 2.75) is 38.5 Å². The van der Waals surface area contributed by atoms with Crippen LogP contribution in [0.5, 0.6) is 0 Å². The summed E-state index contributed by atoms with van der Waals surface area (Å²) in [5, 5.41) is 17.8. The van der Waals surface area contributed by atoms with E-state index in [1.54, 1.807) is 0 Å². The third-order valence-electron chi connectivity index (χ3n) is 2.96. The summed E-state index contributed by atoms with van der Waals surface area (Å²) in [7, 11) is 0. The van der Waals surface area contributed by atoms with E-state index < -0.39 is 11.4 Å². The average molecular weight is 200 g/mol. The minimum Gasteiger partial charge on any atom is -0.480 e. The maximum absolute atomic E-state index is 11.6. The molecule has 0 spiro atoms. The van der Waals surface area contributed by atoms with Crippen molar-refractivity contribution in [1.82, 2.24) is 0 Å². The SMILES string of the molecule is O=C(O)C1(CCCO)CCCCC1=O. The minimum atomic E-state index is -1.19. The predicted molar refractivity (Wildman–Crippen MR) is 49.9 cm³/mol. The molecular weight excluding hydrogens is 184 g/mol. The summed E-state index contributed by atoms with van der Waals surface area (Å²) >= 11 is 0. The third kappa shape index (κ3) is 1.95. The van der Waals surface area contributed by atoms with Gasteiger partial charge in [0.15, 0.2) is 0 Å². The number of hydrogen-bond donors (Lipinski definition) is 2. The molecule has 0 bridgehead atoms. The van der Waals surface area contributed by atoms with Gasteiger partial charge in [0.2, 0.25) is 0 Å². The number of Topliss-reactive ketones (excluding diaryl/α,β-unsaturated/α-hetero) is 1. The molecule has 0 heterocycles. The van der Waals surface area contributed by atoms with Crippen LogP contribution in [0.25, 0.3) is 0 Å². The zero-order chi connectivity index (χ0) is 10.6. The van der Waals surface area contributed by atoms with Crippen LogP contribution < -0.4 is 0 Å². The van der Waals surface area contributed by atoms with Crippen LogP contribution in [-0.4, -0.2) is 28.6 Å². The molecule has 14 heavy (non-hydrogen) atoms. The van der Waals surface area contributed by atoms with E-state index in [0.717, 1.165) is 12.8 Å². The van der Waals surface area contributed by atoms with Gasteiger partial charge in [-0.2, -0.15) is 0 Å². The number of carbonyl (C=O) groups is 2. The normalized spacial score (nSPS) is 27.6. The Morgan fingerprint density at radius 3 is 2.64 bits per heavy atom. The Morgan fingerprint density at radius 2 is 2.14 bits per heavy atom. The fourth-order valence-corrected chi connectivity index (χ4v) is 2.07. The van der Waals surface area contributed by atoms with E-state index in [1.807, 2.05) is 0 Å². The lowest BCUT2D eigenvalue weighted by molar-refractivity contribution is -0.157. The maximum atomic E-state index is 11.6. The van der Waals surface area contributed by atoms with Crippen molar-refractivity contribution >= 4 is 11.8 Å². The van der Waals surface area contributed by atoms with Crippen molar-refractivity contribution in [1.29, 1.82) is 0 Å². The highest BCUT2D eigenvalue weighted by atomic mass is 16.4. The van der Waals surface area contributed by atoms with Gasteiger partial charge in [-0.15, -0.1) is 0 Å². The van der Waals surface area contributed by atoms with E-state index in [9.17, 15) is 9.59 Å². The van der Waals surface area contributed by atoms with Crippen molar-refractivity contribution in [2.75, 3.05) is 6.61 Å². The number of rotatable bonds is 4. The second kappa shape index (κ2) is 4.55. The zero-order valence-corrected chi connectivity index (χ0v) is 8.16. The van der Waals surface area contributed by atoms with Gasteiger partial charge >= 0.3 is 5.97 Å². The quantitative estimate of drug-likeness (QED) is 0.663. The molecule has 1 aliphatic rings. The van der Waals surface area contributed by atoms with Gasteiger partial charge < -0.3 is 10.2 Å². The van der Waals surface area contributed by atoms with Gasteiger partial charge in [-0.3, -0.25) is 9.59 Å². The molecule has 1 aliphatic carbocycles. The Kier molecular flexibility index (Phi) is 3.63. The van der Waals surface area contributed by atoms with Gasteiger partial charge in [-0.1, -0.05) is 6.42 Å². The van der Waals surface area contributed by atoms with Gasteiger partial charge in [0, 0.05) is 13.0 Å². The molecule has 1 fully saturated rings. The van der Waals surface area contributed by atoms with Crippen molar-refractivity contribution in [3.05, 3.63) is 0 Å². The van der Waals surface area contributed by atoms with Crippen LogP contribution in [0.3, 0.4) is 0 Å². The number of carboxylic acids is 1. The minimum absolute atomic E-state index is 0.0533. The zero-order valence-electron chi connectivity index (χ0n) is 8.16. The van der Waals surface area contributed by atoms with Crippen LogP contribution in [-0.2, 0) is 9.59 Å². The molecular formula is C10H16O4. The van der Waals surface area contributed by atoms with Crippen molar-refractivity contribution < 1.29 is 19.8 Å². The van der Waals surface area contributed by atoms with E-state index in [4.69, 9.17) is 10.2 Å². The summed E-state index contributed by atoms with van der Waals surface area (Å²) in [6.07, 6.45) is 3.06.